The van der Waals surface area contributed by atoms with Crippen molar-refractivity contribution in [2.45, 2.75) is 34.1 Å². The van der Waals surface area contributed by atoms with E-state index >= 15 is 0 Å². The number of hydrogen-bond donors (Lipinski definition) is 1. The number of aryl methyl sites for hydroxylation is 1. The Labute approximate surface area is 111 Å². The van der Waals surface area contributed by atoms with E-state index in [0.29, 0.717) is 6.54 Å². The van der Waals surface area contributed by atoms with Gasteiger partial charge in [0.2, 0.25) is 5.91 Å². The minimum absolute atomic E-state index is 0.0840. The number of rotatable bonds is 4. The van der Waals surface area contributed by atoms with Gasteiger partial charge in [0, 0.05) is 12.7 Å². The predicted octanol–water partition coefficient (Wildman–Crippen LogP) is 2.98. The summed E-state index contributed by atoms with van der Waals surface area (Å²) < 4.78 is 0. The Bertz CT molecular complexity index is 333. The Morgan fingerprint density at radius 2 is 1.67 bits per heavy atom. The minimum atomic E-state index is 0.0840. The van der Waals surface area contributed by atoms with Crippen LogP contribution in [-0.2, 0) is 4.79 Å². The van der Waals surface area contributed by atoms with Crippen molar-refractivity contribution in [2.75, 3.05) is 25.0 Å². The molecular formula is C15H26N2O. The molecule has 3 heteroatoms. The number of benzene rings is 1. The van der Waals surface area contributed by atoms with E-state index in [1.54, 1.807) is 11.9 Å². The molecule has 1 N–H and O–H groups in total. The van der Waals surface area contributed by atoms with E-state index in [9.17, 15) is 4.79 Å². The van der Waals surface area contributed by atoms with Gasteiger partial charge in [0.05, 0.1) is 6.54 Å². The van der Waals surface area contributed by atoms with Crippen molar-refractivity contribution in [3.63, 3.8) is 0 Å². The largest absolute Gasteiger partial charge is 0.314 e. The Kier molecular flexibility index (Phi) is 8.93. The first kappa shape index (κ1) is 16.6. The minimum Gasteiger partial charge on any atom is -0.314 e. The topological polar surface area (TPSA) is 32.3 Å². The maximum Gasteiger partial charge on any atom is 0.240 e. The molecule has 3 nitrogen and oxygen atoms in total. The van der Waals surface area contributed by atoms with Gasteiger partial charge in [-0.25, -0.2) is 0 Å². The first-order chi connectivity index (χ1) is 8.56. The van der Waals surface area contributed by atoms with Gasteiger partial charge in [0.1, 0.15) is 0 Å². The SMILES string of the molecule is CCC.CCNCC(=O)N(C)c1ccc(C)cc1. The molecule has 0 unspecified atom stereocenters. The normalized spacial score (nSPS) is 9.39. The average Bonchev–Trinajstić information content (AvgIpc) is 2.37. The highest BCUT2D eigenvalue weighted by atomic mass is 16.2. The quantitative estimate of drug-likeness (QED) is 0.891. The molecule has 0 radical (unpaired) electrons. The van der Waals surface area contributed by atoms with Crippen LogP contribution in [0.25, 0.3) is 0 Å². The highest BCUT2D eigenvalue weighted by Gasteiger charge is 2.08. The first-order valence-electron chi connectivity index (χ1n) is 6.60. The lowest BCUT2D eigenvalue weighted by atomic mass is 10.2. The van der Waals surface area contributed by atoms with Gasteiger partial charge in [-0.05, 0) is 25.6 Å². The van der Waals surface area contributed by atoms with E-state index in [1.165, 1.54) is 12.0 Å². The van der Waals surface area contributed by atoms with Crippen LogP contribution < -0.4 is 10.2 Å². The molecule has 102 valence electrons. The second kappa shape index (κ2) is 9.66. The van der Waals surface area contributed by atoms with E-state index in [-0.39, 0.29) is 5.91 Å². The van der Waals surface area contributed by atoms with Crippen LogP contribution in [0.15, 0.2) is 24.3 Å². The summed E-state index contributed by atoms with van der Waals surface area (Å²) in [6.45, 7) is 9.47. The summed E-state index contributed by atoms with van der Waals surface area (Å²) in [5.41, 5.74) is 2.13. The number of carbonyl (C=O) groups is 1. The number of nitrogens with one attached hydrogen (secondary N) is 1. The second-order valence-corrected chi connectivity index (χ2v) is 4.28. The fourth-order valence-corrected chi connectivity index (χ4v) is 1.26. The second-order valence-electron chi connectivity index (χ2n) is 4.28. The van der Waals surface area contributed by atoms with E-state index in [4.69, 9.17) is 0 Å². The summed E-state index contributed by atoms with van der Waals surface area (Å²) in [5, 5.41) is 3.02. The van der Waals surface area contributed by atoms with Crippen LogP contribution in [0.5, 0.6) is 0 Å². The zero-order valence-corrected chi connectivity index (χ0v) is 12.3. The Morgan fingerprint density at radius 3 is 2.11 bits per heavy atom. The van der Waals surface area contributed by atoms with Crippen LogP contribution in [-0.4, -0.2) is 26.0 Å². The fourth-order valence-electron chi connectivity index (χ4n) is 1.26. The summed E-state index contributed by atoms with van der Waals surface area (Å²) in [6, 6.07) is 7.93. The molecule has 0 atom stereocenters. The zero-order valence-electron chi connectivity index (χ0n) is 12.3. The Morgan fingerprint density at radius 1 is 1.17 bits per heavy atom. The van der Waals surface area contributed by atoms with Crippen molar-refractivity contribution >= 4 is 11.6 Å². The summed E-state index contributed by atoms with van der Waals surface area (Å²) >= 11 is 0. The van der Waals surface area contributed by atoms with Crippen LogP contribution in [0, 0.1) is 6.92 Å². The van der Waals surface area contributed by atoms with Gasteiger partial charge in [-0.3, -0.25) is 4.79 Å². The third-order valence-electron chi connectivity index (χ3n) is 2.32. The highest BCUT2D eigenvalue weighted by Crippen LogP contribution is 2.12. The molecule has 0 aliphatic heterocycles. The van der Waals surface area contributed by atoms with Gasteiger partial charge in [0.25, 0.3) is 0 Å². The van der Waals surface area contributed by atoms with Gasteiger partial charge >= 0.3 is 0 Å². The molecule has 0 aliphatic carbocycles. The first-order valence-corrected chi connectivity index (χ1v) is 6.60. The summed E-state index contributed by atoms with van der Waals surface area (Å²) in [7, 11) is 1.80. The van der Waals surface area contributed by atoms with Gasteiger partial charge in [0.15, 0.2) is 0 Å². The molecule has 0 aromatic heterocycles. The van der Waals surface area contributed by atoms with E-state index in [0.717, 1.165) is 12.2 Å². The van der Waals surface area contributed by atoms with Gasteiger partial charge < -0.3 is 10.2 Å². The number of nitrogens with zero attached hydrogens (tertiary/aromatic N) is 1. The average molecular weight is 250 g/mol. The van der Waals surface area contributed by atoms with Crippen molar-refractivity contribution in [3.05, 3.63) is 29.8 Å². The fraction of sp³-hybridized carbons (Fsp3) is 0.533. The van der Waals surface area contributed by atoms with Crippen LogP contribution in [0.4, 0.5) is 5.69 Å². The molecule has 0 spiro atoms. The molecule has 0 saturated heterocycles. The summed E-state index contributed by atoms with van der Waals surface area (Å²) in [5.74, 6) is 0.0840. The zero-order chi connectivity index (χ0) is 14.0. The van der Waals surface area contributed by atoms with Crippen molar-refractivity contribution in [2.24, 2.45) is 0 Å². The standard InChI is InChI=1S/C12H18N2O.C3H8/c1-4-13-9-12(15)14(3)11-7-5-10(2)6-8-11;1-3-2/h5-8,13H,4,9H2,1-3H3;3H2,1-2H3. The van der Waals surface area contributed by atoms with Crippen LogP contribution in [0.1, 0.15) is 32.8 Å². The molecule has 0 saturated carbocycles. The molecule has 0 bridgehead atoms. The number of amides is 1. The number of likely N-dealkylation sites (N-methyl/N-ethyl adjacent to an activating group) is 2. The van der Waals surface area contributed by atoms with E-state index < -0.39 is 0 Å². The summed E-state index contributed by atoms with van der Waals surface area (Å²) in [6.07, 6.45) is 1.25. The van der Waals surface area contributed by atoms with E-state index in [2.05, 4.69) is 19.2 Å². The lowest BCUT2D eigenvalue weighted by Gasteiger charge is -2.17. The molecule has 1 rings (SSSR count). The molecule has 1 amide bonds. The summed E-state index contributed by atoms with van der Waals surface area (Å²) in [4.78, 5) is 13.3. The number of anilines is 1. The van der Waals surface area contributed by atoms with Gasteiger partial charge in [-0.2, -0.15) is 0 Å². The maximum atomic E-state index is 11.7. The lowest BCUT2D eigenvalue weighted by Crippen LogP contribution is -2.35. The van der Waals surface area contributed by atoms with Crippen molar-refractivity contribution in [3.8, 4) is 0 Å². The highest BCUT2D eigenvalue weighted by molar-refractivity contribution is 5.94. The predicted molar refractivity (Wildman–Crippen MR) is 79.1 cm³/mol. The van der Waals surface area contributed by atoms with Crippen LogP contribution in [0.3, 0.4) is 0 Å². The molecular weight excluding hydrogens is 224 g/mol. The lowest BCUT2D eigenvalue weighted by molar-refractivity contribution is -0.117. The molecule has 1 aromatic rings. The molecule has 0 heterocycles. The number of carbonyl (C=O) groups excluding carboxylic acids is 1. The van der Waals surface area contributed by atoms with Crippen molar-refractivity contribution < 1.29 is 4.79 Å². The van der Waals surface area contributed by atoms with Crippen molar-refractivity contribution in [1.29, 1.82) is 0 Å². The van der Waals surface area contributed by atoms with Crippen LogP contribution >= 0.6 is 0 Å². The molecule has 0 fully saturated rings. The smallest absolute Gasteiger partial charge is 0.240 e. The maximum absolute atomic E-state index is 11.7. The Hall–Kier alpha value is -1.35. The molecule has 18 heavy (non-hydrogen) atoms. The molecule has 0 aliphatic rings. The third kappa shape index (κ3) is 6.40. The van der Waals surface area contributed by atoms with Crippen molar-refractivity contribution in [1.82, 2.24) is 5.32 Å². The monoisotopic (exact) mass is 250 g/mol. The van der Waals surface area contributed by atoms with Gasteiger partial charge in [-0.1, -0.05) is 44.9 Å². The number of hydrogen-bond acceptors (Lipinski definition) is 2. The molecule has 1 aromatic carbocycles. The third-order valence-corrected chi connectivity index (χ3v) is 2.32. The Balaban J connectivity index is 0.000000873. The van der Waals surface area contributed by atoms with E-state index in [1.807, 2.05) is 38.1 Å². The van der Waals surface area contributed by atoms with Crippen LogP contribution in [0.2, 0.25) is 0 Å². The van der Waals surface area contributed by atoms with Gasteiger partial charge in [-0.15, -0.1) is 0 Å².